The summed E-state index contributed by atoms with van der Waals surface area (Å²) >= 11 is 0. The Labute approximate surface area is 102 Å². The molecule has 0 heterocycles. The Morgan fingerprint density at radius 2 is 1.61 bits per heavy atom. The molecule has 0 amide bonds. The summed E-state index contributed by atoms with van der Waals surface area (Å²) in [5.74, 6) is -3.33. The van der Waals surface area contributed by atoms with Crippen molar-refractivity contribution in [2.75, 3.05) is 6.54 Å². The SMILES string of the molecule is CC(C)NCC(F)(F)c1cccc(C(F)(F)F)c1. The third-order valence-corrected chi connectivity index (χ3v) is 2.34. The molecule has 1 N–H and O–H groups in total. The molecule has 0 aliphatic heterocycles. The molecular weight excluding hydrogens is 253 g/mol. The lowest BCUT2D eigenvalue weighted by Crippen LogP contribution is -2.35. The summed E-state index contributed by atoms with van der Waals surface area (Å²) in [6.07, 6.45) is -4.61. The molecule has 0 aromatic heterocycles. The van der Waals surface area contributed by atoms with Gasteiger partial charge in [0.2, 0.25) is 0 Å². The maximum atomic E-state index is 13.7. The van der Waals surface area contributed by atoms with Crippen LogP contribution in [0.1, 0.15) is 25.0 Å². The summed E-state index contributed by atoms with van der Waals surface area (Å²) in [6, 6.07) is 3.08. The van der Waals surface area contributed by atoms with E-state index < -0.39 is 29.8 Å². The fourth-order valence-corrected chi connectivity index (χ4v) is 1.36. The first-order valence-electron chi connectivity index (χ1n) is 5.42. The summed E-state index contributed by atoms with van der Waals surface area (Å²) in [5, 5.41) is 2.51. The van der Waals surface area contributed by atoms with Crippen LogP contribution in [0.3, 0.4) is 0 Å². The van der Waals surface area contributed by atoms with E-state index in [-0.39, 0.29) is 6.04 Å². The summed E-state index contributed by atoms with van der Waals surface area (Å²) in [5.41, 5.74) is -1.70. The van der Waals surface area contributed by atoms with E-state index in [1.54, 1.807) is 13.8 Å². The lowest BCUT2D eigenvalue weighted by molar-refractivity contribution is -0.137. The third kappa shape index (κ3) is 3.94. The van der Waals surface area contributed by atoms with Gasteiger partial charge in [-0.05, 0) is 12.1 Å². The Morgan fingerprint density at radius 1 is 1.06 bits per heavy atom. The zero-order valence-corrected chi connectivity index (χ0v) is 9.98. The van der Waals surface area contributed by atoms with Crippen LogP contribution >= 0.6 is 0 Å². The number of benzene rings is 1. The molecule has 0 spiro atoms. The highest BCUT2D eigenvalue weighted by Crippen LogP contribution is 2.34. The molecule has 0 saturated heterocycles. The largest absolute Gasteiger partial charge is 0.416 e. The number of alkyl halides is 5. The van der Waals surface area contributed by atoms with E-state index in [1.807, 2.05) is 0 Å². The van der Waals surface area contributed by atoms with Crippen LogP contribution in [0.15, 0.2) is 24.3 Å². The van der Waals surface area contributed by atoms with Crippen LogP contribution in [0.5, 0.6) is 0 Å². The summed E-state index contributed by atoms with van der Waals surface area (Å²) in [4.78, 5) is 0. The van der Waals surface area contributed by atoms with E-state index in [9.17, 15) is 22.0 Å². The second-order valence-electron chi connectivity index (χ2n) is 4.32. The molecule has 1 nitrogen and oxygen atoms in total. The van der Waals surface area contributed by atoms with Gasteiger partial charge in [-0.25, -0.2) is 0 Å². The minimum Gasteiger partial charge on any atom is -0.309 e. The van der Waals surface area contributed by atoms with Gasteiger partial charge in [0.25, 0.3) is 5.92 Å². The van der Waals surface area contributed by atoms with E-state index in [0.717, 1.165) is 18.2 Å². The Kier molecular flexibility index (Phi) is 4.32. The molecule has 0 saturated carbocycles. The van der Waals surface area contributed by atoms with Crippen molar-refractivity contribution in [3.8, 4) is 0 Å². The Balaban J connectivity index is 2.95. The molecule has 1 aromatic carbocycles. The molecule has 0 fully saturated rings. The highest BCUT2D eigenvalue weighted by Gasteiger charge is 2.35. The second kappa shape index (κ2) is 5.22. The zero-order valence-electron chi connectivity index (χ0n) is 9.98. The zero-order chi connectivity index (χ0) is 14.0. The van der Waals surface area contributed by atoms with Gasteiger partial charge in [-0.1, -0.05) is 26.0 Å². The highest BCUT2D eigenvalue weighted by atomic mass is 19.4. The quantitative estimate of drug-likeness (QED) is 0.818. The van der Waals surface area contributed by atoms with Gasteiger partial charge in [0.1, 0.15) is 0 Å². The van der Waals surface area contributed by atoms with Gasteiger partial charge < -0.3 is 5.32 Å². The number of hydrogen-bond acceptors (Lipinski definition) is 1. The number of halogens is 5. The van der Waals surface area contributed by atoms with Crippen molar-refractivity contribution in [2.24, 2.45) is 0 Å². The molecule has 1 aromatic rings. The standard InChI is InChI=1S/C12H14F5N/c1-8(2)18-7-11(13,14)9-4-3-5-10(6-9)12(15,16)17/h3-6,8,18H,7H2,1-2H3. The van der Waals surface area contributed by atoms with Crippen molar-refractivity contribution < 1.29 is 22.0 Å². The fourth-order valence-electron chi connectivity index (χ4n) is 1.36. The lowest BCUT2D eigenvalue weighted by atomic mass is 10.0. The molecule has 0 aliphatic carbocycles. The molecule has 0 bridgehead atoms. The van der Waals surface area contributed by atoms with Crippen LogP contribution in [0.25, 0.3) is 0 Å². The van der Waals surface area contributed by atoms with Crippen LogP contribution in [0.2, 0.25) is 0 Å². The van der Waals surface area contributed by atoms with E-state index in [4.69, 9.17) is 0 Å². The van der Waals surface area contributed by atoms with E-state index >= 15 is 0 Å². The topological polar surface area (TPSA) is 12.0 Å². The smallest absolute Gasteiger partial charge is 0.309 e. The minimum absolute atomic E-state index is 0.165. The van der Waals surface area contributed by atoms with Crippen LogP contribution < -0.4 is 5.32 Å². The third-order valence-electron chi connectivity index (χ3n) is 2.34. The average molecular weight is 267 g/mol. The first-order chi connectivity index (χ1) is 8.13. The molecule has 1 rings (SSSR count). The lowest BCUT2D eigenvalue weighted by Gasteiger charge is -2.20. The first kappa shape index (κ1) is 14.9. The van der Waals surface area contributed by atoms with Crippen LogP contribution in [0.4, 0.5) is 22.0 Å². The Hall–Kier alpha value is -1.17. The Morgan fingerprint density at radius 3 is 2.11 bits per heavy atom. The predicted molar refractivity (Wildman–Crippen MR) is 58.5 cm³/mol. The average Bonchev–Trinajstić information content (AvgIpc) is 2.26. The maximum absolute atomic E-state index is 13.7. The fraction of sp³-hybridized carbons (Fsp3) is 0.500. The first-order valence-corrected chi connectivity index (χ1v) is 5.42. The van der Waals surface area contributed by atoms with Gasteiger partial charge in [-0.3, -0.25) is 0 Å². The van der Waals surface area contributed by atoms with Crippen molar-refractivity contribution >= 4 is 0 Å². The van der Waals surface area contributed by atoms with Gasteiger partial charge in [0.15, 0.2) is 0 Å². The van der Waals surface area contributed by atoms with Gasteiger partial charge >= 0.3 is 6.18 Å². The predicted octanol–water partition coefficient (Wildman–Crippen LogP) is 3.80. The number of rotatable bonds is 4. The van der Waals surface area contributed by atoms with Crippen molar-refractivity contribution in [2.45, 2.75) is 32.0 Å². The molecule has 6 heteroatoms. The van der Waals surface area contributed by atoms with Gasteiger partial charge in [0.05, 0.1) is 12.1 Å². The monoisotopic (exact) mass is 267 g/mol. The molecule has 0 aliphatic rings. The van der Waals surface area contributed by atoms with Crippen molar-refractivity contribution in [3.05, 3.63) is 35.4 Å². The molecule has 18 heavy (non-hydrogen) atoms. The van der Waals surface area contributed by atoms with Crippen molar-refractivity contribution in [1.82, 2.24) is 5.32 Å². The van der Waals surface area contributed by atoms with Crippen LogP contribution in [-0.4, -0.2) is 12.6 Å². The summed E-state index contributed by atoms with van der Waals surface area (Å²) < 4.78 is 64.5. The maximum Gasteiger partial charge on any atom is 0.416 e. The second-order valence-corrected chi connectivity index (χ2v) is 4.32. The van der Waals surface area contributed by atoms with Gasteiger partial charge in [-0.15, -0.1) is 0 Å². The number of hydrogen-bond donors (Lipinski definition) is 1. The van der Waals surface area contributed by atoms with Crippen LogP contribution in [-0.2, 0) is 12.1 Å². The summed E-state index contributed by atoms with van der Waals surface area (Å²) in [6.45, 7) is 2.68. The van der Waals surface area contributed by atoms with E-state index in [2.05, 4.69) is 5.32 Å². The minimum atomic E-state index is -4.61. The Bertz CT molecular complexity index is 398. The van der Waals surface area contributed by atoms with Crippen molar-refractivity contribution in [3.63, 3.8) is 0 Å². The molecule has 0 radical (unpaired) electrons. The van der Waals surface area contributed by atoms with Crippen LogP contribution in [0, 0.1) is 0 Å². The van der Waals surface area contributed by atoms with E-state index in [0.29, 0.717) is 6.07 Å². The van der Waals surface area contributed by atoms with Gasteiger partial charge in [-0.2, -0.15) is 22.0 Å². The molecule has 0 unspecified atom stereocenters. The van der Waals surface area contributed by atoms with E-state index in [1.165, 1.54) is 0 Å². The van der Waals surface area contributed by atoms with Gasteiger partial charge in [0, 0.05) is 11.6 Å². The van der Waals surface area contributed by atoms with Crippen molar-refractivity contribution in [1.29, 1.82) is 0 Å². The number of nitrogens with one attached hydrogen (secondary N) is 1. The normalized spacial score (nSPS) is 13.1. The molecular formula is C12H14F5N. The molecule has 0 atom stereocenters. The summed E-state index contributed by atoms with van der Waals surface area (Å²) in [7, 11) is 0. The molecule has 102 valence electrons. The highest BCUT2D eigenvalue weighted by molar-refractivity contribution is 5.29.